The summed E-state index contributed by atoms with van der Waals surface area (Å²) in [6.07, 6.45) is 5.15. The van der Waals surface area contributed by atoms with Gasteiger partial charge in [0.25, 0.3) is 15.9 Å². The SMILES string of the molecule is CC(C)(C)CCN1C(=O)C(C2=NS(=O)(=O)c3c(CNS(C)(=O)=O)csc3N2)=C(O)C2CCCCC21. The summed E-state index contributed by atoms with van der Waals surface area (Å²) in [6.45, 7) is 6.60. The molecule has 1 amide bonds. The molecule has 1 saturated carbocycles. The van der Waals surface area contributed by atoms with Crippen LogP contribution in [0.2, 0.25) is 0 Å². The third kappa shape index (κ3) is 5.42. The lowest BCUT2D eigenvalue weighted by Crippen LogP contribution is -2.53. The predicted octanol–water partition coefficient (Wildman–Crippen LogP) is 2.96. The molecule has 1 aromatic heterocycles. The Labute approximate surface area is 210 Å². The Morgan fingerprint density at radius 1 is 1.29 bits per heavy atom. The molecule has 4 rings (SSSR count). The number of aliphatic hydroxyl groups is 1. The molecule has 0 saturated heterocycles. The average Bonchev–Trinajstić information content (AvgIpc) is 3.15. The maximum Gasteiger partial charge on any atom is 0.287 e. The van der Waals surface area contributed by atoms with E-state index in [1.807, 2.05) is 0 Å². The highest BCUT2D eigenvalue weighted by Crippen LogP contribution is 2.42. The lowest BCUT2D eigenvalue weighted by molar-refractivity contribution is -0.133. The van der Waals surface area contributed by atoms with E-state index in [0.717, 1.165) is 43.3 Å². The highest BCUT2D eigenvalue weighted by atomic mass is 32.2. The maximum atomic E-state index is 13.7. The number of carbonyl (C=O) groups excluding carboxylic acids is 1. The van der Waals surface area contributed by atoms with Crippen molar-refractivity contribution in [3.63, 3.8) is 0 Å². The molecule has 194 valence electrons. The second kappa shape index (κ2) is 9.16. The summed E-state index contributed by atoms with van der Waals surface area (Å²) in [5.74, 6) is -0.973. The molecule has 2 atom stereocenters. The zero-order valence-electron chi connectivity index (χ0n) is 20.3. The molecular weight excluding hydrogens is 512 g/mol. The molecule has 3 aliphatic rings. The first-order valence-corrected chi connectivity index (χ1v) is 15.8. The van der Waals surface area contributed by atoms with E-state index in [9.17, 15) is 26.7 Å². The van der Waals surface area contributed by atoms with Gasteiger partial charge in [0.2, 0.25) is 10.0 Å². The Kier molecular flexibility index (Phi) is 6.84. The third-order valence-corrected chi connectivity index (χ3v) is 9.74. The van der Waals surface area contributed by atoms with Gasteiger partial charge in [0, 0.05) is 30.6 Å². The van der Waals surface area contributed by atoms with E-state index in [0.29, 0.717) is 13.0 Å². The van der Waals surface area contributed by atoms with Crippen LogP contribution >= 0.6 is 11.3 Å². The Morgan fingerprint density at radius 2 is 1.97 bits per heavy atom. The number of hydrogen-bond acceptors (Lipinski definition) is 8. The number of carbonyl (C=O) groups is 1. The zero-order valence-corrected chi connectivity index (χ0v) is 22.7. The topological polar surface area (TPSA) is 145 Å². The van der Waals surface area contributed by atoms with Crippen LogP contribution in [-0.4, -0.2) is 57.4 Å². The summed E-state index contributed by atoms with van der Waals surface area (Å²) in [6, 6.07) is -0.117. The second-order valence-electron chi connectivity index (χ2n) is 10.6. The molecule has 3 heterocycles. The van der Waals surface area contributed by atoms with Gasteiger partial charge in [-0.1, -0.05) is 33.6 Å². The normalized spacial score (nSPS) is 24.5. The summed E-state index contributed by atoms with van der Waals surface area (Å²) in [7, 11) is -7.77. The van der Waals surface area contributed by atoms with Crippen LogP contribution in [0.4, 0.5) is 5.00 Å². The molecule has 1 aromatic rings. The molecule has 2 aliphatic heterocycles. The average molecular weight is 545 g/mol. The van der Waals surface area contributed by atoms with Gasteiger partial charge in [0.1, 0.15) is 21.2 Å². The van der Waals surface area contributed by atoms with Crippen LogP contribution in [0, 0.1) is 11.3 Å². The number of anilines is 1. The van der Waals surface area contributed by atoms with Gasteiger partial charge in [0.05, 0.1) is 6.26 Å². The fraction of sp³-hybridized carbons (Fsp3) is 0.636. The Balaban J connectivity index is 1.71. The lowest BCUT2D eigenvalue weighted by atomic mass is 9.77. The van der Waals surface area contributed by atoms with E-state index < -0.39 is 26.0 Å². The van der Waals surface area contributed by atoms with Crippen molar-refractivity contribution in [2.75, 3.05) is 18.1 Å². The van der Waals surface area contributed by atoms with E-state index in [2.05, 4.69) is 35.2 Å². The van der Waals surface area contributed by atoms with E-state index in [-0.39, 0.29) is 56.5 Å². The van der Waals surface area contributed by atoms with E-state index in [1.54, 1.807) is 4.90 Å². The predicted molar refractivity (Wildman–Crippen MR) is 135 cm³/mol. The molecule has 10 nitrogen and oxygen atoms in total. The smallest absolute Gasteiger partial charge is 0.287 e. The van der Waals surface area contributed by atoms with Gasteiger partial charge in [-0.05, 0) is 30.1 Å². The molecule has 0 radical (unpaired) electrons. The molecule has 3 N–H and O–H groups in total. The monoisotopic (exact) mass is 544 g/mol. The Hall–Kier alpha value is -1.96. The highest BCUT2D eigenvalue weighted by Gasteiger charge is 2.46. The molecule has 13 heteroatoms. The molecule has 1 aliphatic carbocycles. The molecule has 2 unspecified atom stereocenters. The minimum atomic E-state index is -4.24. The van der Waals surface area contributed by atoms with Crippen LogP contribution in [0.25, 0.3) is 0 Å². The third-order valence-electron chi connectivity index (χ3n) is 6.59. The van der Waals surface area contributed by atoms with Crippen molar-refractivity contribution in [2.45, 2.75) is 70.4 Å². The second-order valence-corrected chi connectivity index (χ2v) is 14.8. The number of thiophene rings is 1. The number of nitrogens with zero attached hydrogens (tertiary/aromatic N) is 2. The number of sulfonamides is 2. The molecule has 1 fully saturated rings. The van der Waals surface area contributed by atoms with E-state index in [1.165, 1.54) is 5.38 Å². The Morgan fingerprint density at radius 3 is 2.63 bits per heavy atom. The van der Waals surface area contributed by atoms with E-state index >= 15 is 0 Å². The van der Waals surface area contributed by atoms with Gasteiger partial charge in [-0.15, -0.1) is 15.7 Å². The Bertz CT molecular complexity index is 1300. The van der Waals surface area contributed by atoms with Gasteiger partial charge < -0.3 is 15.3 Å². The van der Waals surface area contributed by atoms with Crippen LogP contribution in [0.5, 0.6) is 0 Å². The van der Waals surface area contributed by atoms with Crippen LogP contribution in [-0.2, 0) is 31.4 Å². The number of fused-ring (bicyclic) bond motifs is 2. The fourth-order valence-electron chi connectivity index (χ4n) is 4.83. The van der Waals surface area contributed by atoms with Crippen LogP contribution in [0.15, 0.2) is 26.0 Å². The first-order chi connectivity index (χ1) is 16.2. The maximum absolute atomic E-state index is 13.7. The van der Waals surface area contributed by atoms with Crippen molar-refractivity contribution < 1.29 is 26.7 Å². The van der Waals surface area contributed by atoms with E-state index in [4.69, 9.17) is 0 Å². The minimum absolute atomic E-state index is 0.0000338. The number of nitrogens with one attached hydrogen (secondary N) is 2. The summed E-state index contributed by atoms with van der Waals surface area (Å²) in [5, 5.41) is 15.9. The van der Waals surface area contributed by atoms with Crippen molar-refractivity contribution in [1.82, 2.24) is 9.62 Å². The quantitative estimate of drug-likeness (QED) is 0.499. The van der Waals surface area contributed by atoms with Crippen molar-refractivity contribution >= 4 is 48.1 Å². The van der Waals surface area contributed by atoms with Gasteiger partial charge in [-0.25, -0.2) is 13.1 Å². The summed E-state index contributed by atoms with van der Waals surface area (Å²) >= 11 is 1.08. The molecule has 0 bridgehead atoms. The standard InChI is InChI=1S/C22H32N4O6S3/c1-22(2,3)9-10-26-15-8-6-5-7-14(15)17(27)16(21(26)28)19-24-20-18(35(31,32)25-19)13(12-33-20)11-23-34(4,29)30/h12,14-15,23,27H,5-11H2,1-4H3,(H,24,25). The van der Waals surface area contributed by atoms with Crippen LogP contribution < -0.4 is 10.0 Å². The molecule has 35 heavy (non-hydrogen) atoms. The number of amides is 1. The van der Waals surface area contributed by atoms with Crippen molar-refractivity contribution in [3.8, 4) is 0 Å². The van der Waals surface area contributed by atoms with Gasteiger partial charge in [-0.2, -0.15) is 8.42 Å². The summed E-state index contributed by atoms with van der Waals surface area (Å²) in [5.41, 5.74) is 0.165. The number of rotatable bonds is 6. The number of hydrogen-bond donors (Lipinski definition) is 3. The van der Waals surface area contributed by atoms with Crippen molar-refractivity contribution in [1.29, 1.82) is 0 Å². The number of amidine groups is 1. The largest absolute Gasteiger partial charge is 0.511 e. The minimum Gasteiger partial charge on any atom is -0.511 e. The lowest BCUT2D eigenvalue weighted by Gasteiger charge is -2.45. The van der Waals surface area contributed by atoms with Gasteiger partial charge >= 0.3 is 0 Å². The number of aliphatic hydroxyl groups excluding tert-OH is 1. The zero-order chi connectivity index (χ0) is 25.8. The van der Waals surface area contributed by atoms with Crippen molar-refractivity contribution in [2.24, 2.45) is 15.7 Å². The molecular formula is C22H32N4O6S3. The fourth-order valence-corrected chi connectivity index (χ4v) is 7.85. The van der Waals surface area contributed by atoms with Crippen LogP contribution in [0.3, 0.4) is 0 Å². The molecule has 0 spiro atoms. The summed E-state index contributed by atoms with van der Waals surface area (Å²) in [4.78, 5) is 15.3. The first kappa shape index (κ1) is 26.1. The highest BCUT2D eigenvalue weighted by molar-refractivity contribution is 7.91. The van der Waals surface area contributed by atoms with Gasteiger partial charge in [0.15, 0.2) is 5.84 Å². The summed E-state index contributed by atoms with van der Waals surface area (Å²) < 4.78 is 55.4. The van der Waals surface area contributed by atoms with Gasteiger partial charge in [-0.3, -0.25) is 4.79 Å². The molecule has 0 aromatic carbocycles. The van der Waals surface area contributed by atoms with Crippen molar-refractivity contribution in [3.05, 3.63) is 22.3 Å². The van der Waals surface area contributed by atoms with Crippen LogP contribution in [0.1, 0.15) is 58.4 Å². The first-order valence-electron chi connectivity index (χ1n) is 11.6.